The van der Waals surface area contributed by atoms with E-state index in [1.165, 1.54) is 12.1 Å². The van der Waals surface area contributed by atoms with Crippen molar-refractivity contribution in [3.05, 3.63) is 76.2 Å². The van der Waals surface area contributed by atoms with Crippen LogP contribution in [-0.2, 0) is 29.1 Å². The second-order valence-corrected chi connectivity index (χ2v) is 11.9. The molecule has 4 aromatic rings. The Bertz CT molecular complexity index is 1550. The summed E-state index contributed by atoms with van der Waals surface area (Å²) >= 11 is 6.54. The van der Waals surface area contributed by atoms with Gasteiger partial charge in [0.2, 0.25) is 0 Å². The molecule has 6 nitrogen and oxygen atoms in total. The van der Waals surface area contributed by atoms with E-state index >= 15 is 0 Å². The number of nitrogens with zero attached hydrogens (tertiary/aromatic N) is 4. The molecule has 2 heterocycles. The molecular formula is C26H27ClF2N4O2S. The molecule has 2 aromatic carbocycles. The monoisotopic (exact) mass is 532 g/mol. The fourth-order valence-corrected chi connectivity index (χ4v) is 5.48. The number of fused-ring (bicyclic) bond motifs is 1. The van der Waals surface area contributed by atoms with Crippen LogP contribution in [0.1, 0.15) is 29.8 Å². The van der Waals surface area contributed by atoms with Crippen molar-refractivity contribution >= 4 is 38.0 Å². The Labute approximate surface area is 214 Å². The SMILES string of the molecule is C[C@@H](Cc1cc(F)cc(F)c1)c1ncc(N(C)C)cc1-c1ccc(Cl)c2c(CS(C)(=O)=O)nn(C)c12. The van der Waals surface area contributed by atoms with Gasteiger partial charge in [-0.3, -0.25) is 9.67 Å². The molecule has 1 atom stereocenters. The smallest absolute Gasteiger partial charge is 0.153 e. The lowest BCUT2D eigenvalue weighted by Crippen LogP contribution is -2.11. The minimum absolute atomic E-state index is 0.188. The van der Waals surface area contributed by atoms with Gasteiger partial charge in [-0.25, -0.2) is 17.2 Å². The van der Waals surface area contributed by atoms with Gasteiger partial charge in [-0.05, 0) is 36.2 Å². The summed E-state index contributed by atoms with van der Waals surface area (Å²) in [7, 11) is 2.22. The molecule has 0 aliphatic heterocycles. The maximum absolute atomic E-state index is 13.8. The number of aromatic nitrogens is 3. The minimum atomic E-state index is -3.35. The largest absolute Gasteiger partial charge is 0.376 e. The van der Waals surface area contributed by atoms with Crippen molar-refractivity contribution in [2.75, 3.05) is 25.3 Å². The molecule has 0 N–H and O–H groups in total. The molecule has 0 fully saturated rings. The Hall–Kier alpha value is -3.04. The maximum atomic E-state index is 13.8. The average Bonchev–Trinajstić information content (AvgIpc) is 3.08. The van der Waals surface area contributed by atoms with Gasteiger partial charge in [0.15, 0.2) is 9.84 Å². The first-order valence-electron chi connectivity index (χ1n) is 11.3. The van der Waals surface area contributed by atoms with E-state index in [-0.39, 0.29) is 11.7 Å². The number of benzene rings is 2. The molecular weight excluding hydrogens is 506 g/mol. The number of pyridine rings is 1. The first kappa shape index (κ1) is 26.0. The van der Waals surface area contributed by atoms with Gasteiger partial charge in [-0.2, -0.15) is 5.10 Å². The third kappa shape index (κ3) is 5.37. The number of sulfone groups is 1. The van der Waals surface area contributed by atoms with Gasteiger partial charge in [-0.1, -0.05) is 24.6 Å². The Morgan fingerprint density at radius 3 is 2.36 bits per heavy atom. The van der Waals surface area contributed by atoms with E-state index in [2.05, 4.69) is 5.10 Å². The summed E-state index contributed by atoms with van der Waals surface area (Å²) in [6.45, 7) is 1.95. The summed E-state index contributed by atoms with van der Waals surface area (Å²) in [5.41, 5.74) is 4.78. The van der Waals surface area contributed by atoms with E-state index in [4.69, 9.17) is 16.6 Å². The zero-order valence-corrected chi connectivity index (χ0v) is 22.3. The zero-order chi connectivity index (χ0) is 26.4. The standard InChI is InChI=1S/C26H27ClF2N4O2S/c1-15(8-16-9-17(28)11-18(29)10-16)25-21(12-19(13-30-25)32(2)3)20-6-7-22(27)24-23(14-36(5,34)35)31-33(4)26(20)24/h6-7,9-13,15H,8,14H2,1-5H3/t15-/m0/s1. The van der Waals surface area contributed by atoms with Crippen LogP contribution in [0, 0.1) is 11.6 Å². The first-order valence-corrected chi connectivity index (χ1v) is 13.7. The molecule has 10 heteroatoms. The average molecular weight is 533 g/mol. The number of halogens is 3. The molecule has 0 saturated carbocycles. The first-order chi connectivity index (χ1) is 16.8. The maximum Gasteiger partial charge on any atom is 0.153 e. The van der Waals surface area contributed by atoms with E-state index in [1.807, 2.05) is 38.1 Å². The Kier molecular flexibility index (Phi) is 7.07. The van der Waals surface area contributed by atoms with Crippen LogP contribution in [0.2, 0.25) is 5.02 Å². The lowest BCUT2D eigenvalue weighted by Gasteiger charge is -2.20. The molecule has 190 valence electrons. The van der Waals surface area contributed by atoms with Gasteiger partial charge in [0.05, 0.1) is 39.6 Å². The zero-order valence-electron chi connectivity index (χ0n) is 20.7. The second-order valence-electron chi connectivity index (χ2n) is 9.36. The van der Waals surface area contributed by atoms with Crippen LogP contribution in [-0.4, -0.2) is 43.5 Å². The van der Waals surface area contributed by atoms with E-state index < -0.39 is 21.5 Å². The van der Waals surface area contributed by atoms with Crippen molar-refractivity contribution in [1.29, 1.82) is 0 Å². The molecule has 36 heavy (non-hydrogen) atoms. The Morgan fingerprint density at radius 2 is 1.75 bits per heavy atom. The predicted molar refractivity (Wildman–Crippen MR) is 140 cm³/mol. The van der Waals surface area contributed by atoms with Crippen LogP contribution in [0.3, 0.4) is 0 Å². The van der Waals surface area contributed by atoms with Gasteiger partial charge in [0, 0.05) is 55.9 Å². The molecule has 0 amide bonds. The van der Waals surface area contributed by atoms with Crippen molar-refractivity contribution in [3.63, 3.8) is 0 Å². The minimum Gasteiger partial charge on any atom is -0.376 e. The molecule has 0 radical (unpaired) electrons. The lowest BCUT2D eigenvalue weighted by atomic mass is 9.90. The van der Waals surface area contributed by atoms with E-state index in [0.717, 1.165) is 34.8 Å². The highest BCUT2D eigenvalue weighted by Gasteiger charge is 2.23. The van der Waals surface area contributed by atoms with Crippen LogP contribution < -0.4 is 4.90 Å². The fraction of sp³-hybridized carbons (Fsp3) is 0.308. The third-order valence-electron chi connectivity index (χ3n) is 6.05. The number of hydrogen-bond donors (Lipinski definition) is 0. The Morgan fingerprint density at radius 1 is 1.08 bits per heavy atom. The summed E-state index contributed by atoms with van der Waals surface area (Å²) in [5, 5.41) is 5.46. The highest BCUT2D eigenvalue weighted by molar-refractivity contribution is 7.89. The van der Waals surface area contributed by atoms with Crippen LogP contribution in [0.5, 0.6) is 0 Å². The lowest BCUT2D eigenvalue weighted by molar-refractivity contribution is 0.577. The van der Waals surface area contributed by atoms with Crippen LogP contribution >= 0.6 is 11.6 Å². The van der Waals surface area contributed by atoms with Crippen molar-refractivity contribution in [3.8, 4) is 11.1 Å². The van der Waals surface area contributed by atoms with Crippen molar-refractivity contribution in [2.24, 2.45) is 7.05 Å². The second kappa shape index (κ2) is 9.78. The highest BCUT2D eigenvalue weighted by Crippen LogP contribution is 2.39. The number of anilines is 1. The fourth-order valence-electron chi connectivity index (χ4n) is 4.52. The van der Waals surface area contributed by atoms with Crippen LogP contribution in [0.25, 0.3) is 22.0 Å². The summed E-state index contributed by atoms with van der Waals surface area (Å²) in [6, 6.07) is 9.09. The van der Waals surface area contributed by atoms with Crippen molar-refractivity contribution in [1.82, 2.24) is 14.8 Å². The number of rotatable bonds is 7. The quantitative estimate of drug-likeness (QED) is 0.313. The van der Waals surface area contributed by atoms with Gasteiger partial charge >= 0.3 is 0 Å². The van der Waals surface area contributed by atoms with Gasteiger partial charge in [0.1, 0.15) is 11.6 Å². The summed E-state index contributed by atoms with van der Waals surface area (Å²) in [4.78, 5) is 6.68. The molecule has 0 unspecified atom stereocenters. The van der Waals surface area contributed by atoms with Crippen molar-refractivity contribution < 1.29 is 17.2 Å². The van der Waals surface area contributed by atoms with E-state index in [9.17, 15) is 17.2 Å². The molecule has 4 rings (SSSR count). The third-order valence-corrected chi connectivity index (χ3v) is 7.16. The molecule has 2 aromatic heterocycles. The van der Waals surface area contributed by atoms with Gasteiger partial charge < -0.3 is 4.90 Å². The number of hydrogen-bond acceptors (Lipinski definition) is 5. The van der Waals surface area contributed by atoms with Crippen molar-refractivity contribution in [2.45, 2.75) is 25.0 Å². The summed E-state index contributed by atoms with van der Waals surface area (Å²) in [5.74, 6) is -1.67. The van der Waals surface area contributed by atoms with Gasteiger partial charge in [0.25, 0.3) is 0 Å². The molecule has 0 aliphatic rings. The molecule has 0 bridgehead atoms. The summed E-state index contributed by atoms with van der Waals surface area (Å²) in [6.07, 6.45) is 3.29. The van der Waals surface area contributed by atoms with E-state index in [0.29, 0.717) is 33.6 Å². The highest BCUT2D eigenvalue weighted by atomic mass is 35.5. The Balaban J connectivity index is 1.92. The number of aryl methyl sites for hydroxylation is 1. The molecule has 0 saturated heterocycles. The van der Waals surface area contributed by atoms with Crippen LogP contribution in [0.15, 0.2) is 42.6 Å². The normalized spacial score (nSPS) is 12.8. The molecule has 0 spiro atoms. The summed E-state index contributed by atoms with van der Waals surface area (Å²) < 4.78 is 53.4. The van der Waals surface area contributed by atoms with Crippen LogP contribution in [0.4, 0.5) is 14.5 Å². The van der Waals surface area contributed by atoms with E-state index in [1.54, 1.807) is 24.0 Å². The topological polar surface area (TPSA) is 68.1 Å². The predicted octanol–water partition coefficient (Wildman–Crippen LogP) is 5.52. The van der Waals surface area contributed by atoms with Gasteiger partial charge in [-0.15, -0.1) is 0 Å². The molecule has 0 aliphatic carbocycles.